The first-order valence-corrected chi connectivity index (χ1v) is 10.9. The second-order valence-corrected chi connectivity index (χ2v) is 8.34. The number of carbonyl (C=O) groups excluding carboxylic acids is 1. The Morgan fingerprint density at radius 1 is 1.10 bits per heavy atom. The molecule has 29 heavy (non-hydrogen) atoms. The summed E-state index contributed by atoms with van der Waals surface area (Å²) in [7, 11) is 0. The maximum atomic E-state index is 12.6. The third-order valence-corrected chi connectivity index (χ3v) is 5.30. The van der Waals surface area contributed by atoms with E-state index < -0.39 is 0 Å². The molecule has 156 valence electrons. The van der Waals surface area contributed by atoms with Gasteiger partial charge in [0.2, 0.25) is 0 Å². The Bertz CT molecular complexity index is 801. The summed E-state index contributed by atoms with van der Waals surface area (Å²) in [6.07, 6.45) is 5.10. The molecule has 1 heterocycles. The van der Waals surface area contributed by atoms with E-state index in [2.05, 4.69) is 48.7 Å². The lowest BCUT2D eigenvalue weighted by molar-refractivity contribution is 0.0952. The Morgan fingerprint density at radius 3 is 2.83 bits per heavy atom. The van der Waals surface area contributed by atoms with Gasteiger partial charge in [0.05, 0.1) is 6.61 Å². The molecule has 1 aliphatic rings. The summed E-state index contributed by atoms with van der Waals surface area (Å²) in [5.74, 6) is 1.46. The molecule has 0 aromatic heterocycles. The van der Waals surface area contributed by atoms with Crippen molar-refractivity contribution in [3.8, 4) is 5.75 Å². The van der Waals surface area contributed by atoms with Crippen LogP contribution in [0.5, 0.6) is 5.75 Å². The van der Waals surface area contributed by atoms with E-state index in [0.29, 0.717) is 24.6 Å². The number of ether oxygens (including phenoxy) is 1. The number of nitrogens with one attached hydrogen (secondary N) is 2. The first-order chi connectivity index (χ1) is 14.1. The van der Waals surface area contributed by atoms with E-state index in [1.54, 1.807) is 0 Å². The number of carbonyl (C=O) groups is 1. The molecule has 4 heteroatoms. The monoisotopic (exact) mass is 394 g/mol. The van der Waals surface area contributed by atoms with Crippen LogP contribution in [0.3, 0.4) is 0 Å². The van der Waals surface area contributed by atoms with Crippen LogP contribution in [0.2, 0.25) is 0 Å². The van der Waals surface area contributed by atoms with Crippen molar-refractivity contribution in [1.82, 2.24) is 10.6 Å². The normalized spacial score (nSPS) is 15.1. The highest BCUT2D eigenvalue weighted by Gasteiger charge is 2.12. The molecule has 0 aliphatic carbocycles. The van der Waals surface area contributed by atoms with Crippen LogP contribution in [0, 0.1) is 5.92 Å². The second-order valence-electron chi connectivity index (χ2n) is 8.34. The summed E-state index contributed by atoms with van der Waals surface area (Å²) in [5.41, 5.74) is 4.31. The Morgan fingerprint density at radius 2 is 1.97 bits per heavy atom. The maximum absolute atomic E-state index is 12.6. The topological polar surface area (TPSA) is 50.4 Å². The van der Waals surface area contributed by atoms with E-state index in [4.69, 9.17) is 4.74 Å². The number of rotatable bonds is 4. The first-order valence-electron chi connectivity index (χ1n) is 10.9. The van der Waals surface area contributed by atoms with Gasteiger partial charge < -0.3 is 15.4 Å². The molecule has 4 nitrogen and oxygen atoms in total. The number of fused-ring (bicyclic) bond motifs is 3. The fraction of sp³-hybridized carbons (Fsp3) is 0.480. The standard InChI is InChI=1S/C25H34N2O2/c1-19(2)11-13-27-25(28)22-9-10-24-23(17-22)16-20-7-6-8-21(15-20)18-26-12-4-3-5-14-29-24/h6-10,15,17,19,26H,3-5,11-14,16,18H2,1-2H3,(H,27,28). The minimum Gasteiger partial charge on any atom is -0.493 e. The Kier molecular flexibility index (Phi) is 8.12. The van der Waals surface area contributed by atoms with Crippen LogP contribution in [0.1, 0.15) is 66.6 Å². The molecule has 1 aliphatic heterocycles. The van der Waals surface area contributed by atoms with Gasteiger partial charge in [0.1, 0.15) is 5.75 Å². The predicted molar refractivity (Wildman–Crippen MR) is 119 cm³/mol. The van der Waals surface area contributed by atoms with E-state index in [1.807, 2.05) is 18.2 Å². The van der Waals surface area contributed by atoms with E-state index in [-0.39, 0.29) is 5.91 Å². The fourth-order valence-electron chi connectivity index (χ4n) is 3.59. The molecule has 0 fully saturated rings. The molecule has 2 aromatic carbocycles. The molecule has 0 saturated carbocycles. The third kappa shape index (κ3) is 6.90. The summed E-state index contributed by atoms with van der Waals surface area (Å²) < 4.78 is 6.10. The average Bonchev–Trinajstić information content (AvgIpc) is 2.70. The fourth-order valence-corrected chi connectivity index (χ4v) is 3.59. The van der Waals surface area contributed by atoms with Gasteiger partial charge >= 0.3 is 0 Å². The smallest absolute Gasteiger partial charge is 0.251 e. The van der Waals surface area contributed by atoms with Crippen molar-refractivity contribution in [2.45, 2.75) is 52.5 Å². The van der Waals surface area contributed by atoms with Gasteiger partial charge in [0.15, 0.2) is 0 Å². The highest BCUT2D eigenvalue weighted by atomic mass is 16.5. The summed E-state index contributed by atoms with van der Waals surface area (Å²) in [5, 5.41) is 6.56. The lowest BCUT2D eigenvalue weighted by atomic mass is 9.99. The van der Waals surface area contributed by atoms with Gasteiger partial charge in [-0.1, -0.05) is 38.1 Å². The lowest BCUT2D eigenvalue weighted by Crippen LogP contribution is -2.25. The Balaban J connectivity index is 1.81. The predicted octanol–water partition coefficient (Wildman–Crippen LogP) is 4.71. The first kappa shape index (κ1) is 21.4. The number of amides is 1. The summed E-state index contributed by atoms with van der Waals surface area (Å²) in [6.45, 7) is 7.69. The van der Waals surface area contributed by atoms with Gasteiger partial charge in [0.25, 0.3) is 5.91 Å². The molecule has 2 bridgehead atoms. The zero-order valence-electron chi connectivity index (χ0n) is 17.8. The molecule has 1 amide bonds. The summed E-state index contributed by atoms with van der Waals surface area (Å²) >= 11 is 0. The van der Waals surface area contributed by atoms with E-state index in [0.717, 1.165) is 56.5 Å². The highest BCUT2D eigenvalue weighted by molar-refractivity contribution is 5.94. The minimum absolute atomic E-state index is 0.00851. The Labute approximate surface area is 175 Å². The van der Waals surface area contributed by atoms with E-state index in [1.165, 1.54) is 11.1 Å². The number of hydrogen-bond donors (Lipinski definition) is 2. The molecule has 0 saturated heterocycles. The van der Waals surface area contributed by atoms with Crippen LogP contribution < -0.4 is 15.4 Å². The van der Waals surface area contributed by atoms with Crippen molar-refractivity contribution < 1.29 is 9.53 Å². The van der Waals surface area contributed by atoms with Crippen molar-refractivity contribution >= 4 is 5.91 Å². The molecule has 2 aromatic rings. The van der Waals surface area contributed by atoms with Crippen LogP contribution in [0.15, 0.2) is 42.5 Å². The number of hydrogen-bond acceptors (Lipinski definition) is 3. The lowest BCUT2D eigenvalue weighted by Gasteiger charge is -2.15. The molecular formula is C25H34N2O2. The van der Waals surface area contributed by atoms with E-state index in [9.17, 15) is 4.79 Å². The van der Waals surface area contributed by atoms with Gasteiger partial charge in [-0.25, -0.2) is 0 Å². The highest BCUT2D eigenvalue weighted by Crippen LogP contribution is 2.25. The zero-order valence-corrected chi connectivity index (χ0v) is 17.8. The SMILES string of the molecule is CC(C)CCNC(=O)c1ccc2c(c1)Cc1cccc(c1)CNCCCCCO2. The van der Waals surface area contributed by atoms with Gasteiger partial charge in [-0.15, -0.1) is 0 Å². The molecule has 3 rings (SSSR count). The third-order valence-electron chi connectivity index (χ3n) is 5.30. The summed E-state index contributed by atoms with van der Waals surface area (Å²) in [6, 6.07) is 14.5. The van der Waals surface area contributed by atoms with Crippen LogP contribution in [-0.2, 0) is 13.0 Å². The van der Waals surface area contributed by atoms with Gasteiger partial charge in [-0.05, 0) is 73.0 Å². The van der Waals surface area contributed by atoms with Crippen LogP contribution in [0.4, 0.5) is 0 Å². The largest absolute Gasteiger partial charge is 0.493 e. The van der Waals surface area contributed by atoms with Crippen molar-refractivity contribution in [3.63, 3.8) is 0 Å². The zero-order chi connectivity index (χ0) is 20.5. The second kappa shape index (κ2) is 11.0. The number of benzene rings is 2. The average molecular weight is 395 g/mol. The molecule has 0 atom stereocenters. The van der Waals surface area contributed by atoms with Crippen molar-refractivity contribution in [1.29, 1.82) is 0 Å². The van der Waals surface area contributed by atoms with Crippen molar-refractivity contribution in [2.75, 3.05) is 19.7 Å². The molecular weight excluding hydrogens is 360 g/mol. The summed E-state index contributed by atoms with van der Waals surface area (Å²) in [4.78, 5) is 12.6. The van der Waals surface area contributed by atoms with Gasteiger partial charge in [0, 0.05) is 25.1 Å². The van der Waals surface area contributed by atoms with E-state index >= 15 is 0 Å². The van der Waals surface area contributed by atoms with Crippen molar-refractivity contribution in [2.24, 2.45) is 5.92 Å². The molecule has 0 radical (unpaired) electrons. The van der Waals surface area contributed by atoms with Gasteiger partial charge in [-0.2, -0.15) is 0 Å². The minimum atomic E-state index is -0.00851. The maximum Gasteiger partial charge on any atom is 0.251 e. The molecule has 0 spiro atoms. The Hall–Kier alpha value is -2.33. The molecule has 2 N–H and O–H groups in total. The molecule has 0 unspecified atom stereocenters. The quantitative estimate of drug-likeness (QED) is 0.790. The van der Waals surface area contributed by atoms with Crippen LogP contribution in [-0.4, -0.2) is 25.6 Å². The van der Waals surface area contributed by atoms with Crippen LogP contribution in [0.25, 0.3) is 0 Å². The van der Waals surface area contributed by atoms with Crippen molar-refractivity contribution in [3.05, 3.63) is 64.7 Å². The van der Waals surface area contributed by atoms with Gasteiger partial charge in [-0.3, -0.25) is 4.79 Å². The van der Waals surface area contributed by atoms with Crippen LogP contribution >= 0.6 is 0 Å².